The Balaban J connectivity index is 2.50. The molecule has 1 rings (SSSR count). The molecule has 1 aliphatic heterocycles. The molecule has 0 aromatic heterocycles. The summed E-state index contributed by atoms with van der Waals surface area (Å²) in [5.74, 6) is 0.501. The number of carbonyl (C=O) groups is 1. The lowest BCUT2D eigenvalue weighted by atomic mass is 10.1. The number of ether oxygens (including phenoxy) is 1. The van der Waals surface area contributed by atoms with E-state index in [0.717, 1.165) is 32.5 Å². The van der Waals surface area contributed by atoms with Crippen molar-refractivity contribution in [1.29, 1.82) is 0 Å². The van der Waals surface area contributed by atoms with Crippen LogP contribution in [0.15, 0.2) is 0 Å². The minimum absolute atomic E-state index is 0.190. The minimum Gasteiger partial charge on any atom is -0.383 e. The topological polar surface area (TPSA) is 32.8 Å². The van der Waals surface area contributed by atoms with Gasteiger partial charge in [0.25, 0.3) is 0 Å². The Hall–Kier alpha value is -0.770. The van der Waals surface area contributed by atoms with Crippen LogP contribution in [0, 0.1) is 5.92 Å². The van der Waals surface area contributed by atoms with E-state index in [1.807, 2.05) is 9.80 Å². The molecule has 4 nitrogen and oxygen atoms in total. The van der Waals surface area contributed by atoms with Crippen molar-refractivity contribution in [2.24, 2.45) is 5.92 Å². The molecule has 0 atom stereocenters. The van der Waals surface area contributed by atoms with Gasteiger partial charge in [0.05, 0.1) is 6.61 Å². The van der Waals surface area contributed by atoms with Crippen molar-refractivity contribution in [3.63, 3.8) is 0 Å². The highest BCUT2D eigenvalue weighted by Gasteiger charge is 2.22. The summed E-state index contributed by atoms with van der Waals surface area (Å²) in [6.45, 7) is 8.25. The van der Waals surface area contributed by atoms with E-state index < -0.39 is 0 Å². The number of hydrogen-bond donors (Lipinski definition) is 0. The van der Waals surface area contributed by atoms with Crippen molar-refractivity contribution in [1.82, 2.24) is 9.80 Å². The highest BCUT2D eigenvalue weighted by atomic mass is 16.5. The third-order valence-electron chi connectivity index (χ3n) is 3.05. The third-order valence-corrected chi connectivity index (χ3v) is 3.05. The van der Waals surface area contributed by atoms with Crippen LogP contribution < -0.4 is 0 Å². The van der Waals surface area contributed by atoms with Gasteiger partial charge in [-0.2, -0.15) is 0 Å². The SMILES string of the molecule is COCCN(CC(C)C)C(=O)N1CCCCC1. The number of amides is 2. The molecule has 0 bridgehead atoms. The Labute approximate surface area is 105 Å². The van der Waals surface area contributed by atoms with E-state index in [4.69, 9.17) is 4.74 Å². The van der Waals surface area contributed by atoms with Crippen LogP contribution in [0.1, 0.15) is 33.1 Å². The normalized spacial score (nSPS) is 16.4. The maximum Gasteiger partial charge on any atom is 0.320 e. The molecule has 0 spiro atoms. The van der Waals surface area contributed by atoms with E-state index in [1.165, 1.54) is 6.42 Å². The van der Waals surface area contributed by atoms with Crippen LogP contribution in [0.3, 0.4) is 0 Å². The summed E-state index contributed by atoms with van der Waals surface area (Å²) in [4.78, 5) is 16.3. The zero-order chi connectivity index (χ0) is 12.7. The van der Waals surface area contributed by atoms with Crippen LogP contribution in [0.4, 0.5) is 4.79 Å². The van der Waals surface area contributed by atoms with Gasteiger partial charge in [0.15, 0.2) is 0 Å². The van der Waals surface area contributed by atoms with Crippen molar-refractivity contribution < 1.29 is 9.53 Å². The summed E-state index contributed by atoms with van der Waals surface area (Å²) >= 11 is 0. The quantitative estimate of drug-likeness (QED) is 0.740. The first-order valence-corrected chi connectivity index (χ1v) is 6.68. The van der Waals surface area contributed by atoms with E-state index in [-0.39, 0.29) is 6.03 Å². The molecule has 1 fully saturated rings. The summed E-state index contributed by atoms with van der Waals surface area (Å²) in [5, 5.41) is 0. The molecule has 100 valence electrons. The maximum absolute atomic E-state index is 12.3. The molecule has 17 heavy (non-hydrogen) atoms. The van der Waals surface area contributed by atoms with Gasteiger partial charge in [0.2, 0.25) is 0 Å². The second kappa shape index (κ2) is 7.54. The average Bonchev–Trinajstić information content (AvgIpc) is 2.34. The molecule has 1 aliphatic rings. The molecule has 4 heteroatoms. The van der Waals surface area contributed by atoms with E-state index in [0.29, 0.717) is 19.1 Å². The number of methoxy groups -OCH3 is 1. The fourth-order valence-corrected chi connectivity index (χ4v) is 2.19. The Morgan fingerprint density at radius 3 is 2.47 bits per heavy atom. The van der Waals surface area contributed by atoms with Gasteiger partial charge in [-0.3, -0.25) is 0 Å². The molecule has 0 N–H and O–H groups in total. The average molecular weight is 242 g/mol. The number of carbonyl (C=O) groups excluding carboxylic acids is 1. The minimum atomic E-state index is 0.190. The zero-order valence-corrected chi connectivity index (χ0v) is 11.4. The van der Waals surface area contributed by atoms with Gasteiger partial charge in [-0.15, -0.1) is 0 Å². The van der Waals surface area contributed by atoms with Gasteiger partial charge in [-0.05, 0) is 25.2 Å². The van der Waals surface area contributed by atoms with Gasteiger partial charge in [0, 0.05) is 33.3 Å². The molecule has 2 amide bonds. The molecule has 0 saturated carbocycles. The Morgan fingerprint density at radius 2 is 1.94 bits per heavy atom. The molecular weight excluding hydrogens is 216 g/mol. The van der Waals surface area contributed by atoms with Crippen LogP contribution in [0.2, 0.25) is 0 Å². The monoisotopic (exact) mass is 242 g/mol. The summed E-state index contributed by atoms with van der Waals surface area (Å²) < 4.78 is 5.08. The molecule has 0 aromatic carbocycles. The lowest BCUT2D eigenvalue weighted by molar-refractivity contribution is 0.114. The van der Waals surface area contributed by atoms with Gasteiger partial charge in [-0.25, -0.2) is 4.79 Å². The summed E-state index contributed by atoms with van der Waals surface area (Å²) in [5.41, 5.74) is 0. The van der Waals surface area contributed by atoms with Crippen LogP contribution >= 0.6 is 0 Å². The van der Waals surface area contributed by atoms with Gasteiger partial charge in [-0.1, -0.05) is 13.8 Å². The van der Waals surface area contributed by atoms with Gasteiger partial charge in [0.1, 0.15) is 0 Å². The Bertz CT molecular complexity index is 225. The molecule has 1 saturated heterocycles. The second-order valence-electron chi connectivity index (χ2n) is 5.16. The molecule has 0 aromatic rings. The lowest BCUT2D eigenvalue weighted by Gasteiger charge is -2.33. The fraction of sp³-hybridized carbons (Fsp3) is 0.923. The van der Waals surface area contributed by atoms with Crippen molar-refractivity contribution in [3.05, 3.63) is 0 Å². The Kier molecular flexibility index (Phi) is 6.34. The number of likely N-dealkylation sites (tertiary alicyclic amines) is 1. The first-order chi connectivity index (χ1) is 8.15. The second-order valence-corrected chi connectivity index (χ2v) is 5.16. The third kappa shape index (κ3) is 4.94. The summed E-state index contributed by atoms with van der Waals surface area (Å²) in [6.07, 6.45) is 3.54. The highest BCUT2D eigenvalue weighted by molar-refractivity contribution is 5.74. The molecule has 0 aliphatic carbocycles. The number of nitrogens with zero attached hydrogens (tertiary/aromatic N) is 2. The van der Waals surface area contributed by atoms with E-state index in [2.05, 4.69) is 13.8 Å². The Morgan fingerprint density at radius 1 is 1.29 bits per heavy atom. The highest BCUT2D eigenvalue weighted by Crippen LogP contribution is 2.12. The van der Waals surface area contributed by atoms with Crippen molar-refractivity contribution in [2.45, 2.75) is 33.1 Å². The first-order valence-electron chi connectivity index (χ1n) is 6.68. The van der Waals surface area contributed by atoms with Crippen molar-refractivity contribution >= 4 is 6.03 Å². The standard InChI is InChI=1S/C13H26N2O2/c1-12(2)11-15(9-10-17-3)13(16)14-7-5-4-6-8-14/h12H,4-11H2,1-3H3. The van der Waals surface area contributed by atoms with Gasteiger partial charge < -0.3 is 14.5 Å². The zero-order valence-electron chi connectivity index (χ0n) is 11.4. The number of hydrogen-bond acceptors (Lipinski definition) is 2. The largest absolute Gasteiger partial charge is 0.383 e. The lowest BCUT2D eigenvalue weighted by Crippen LogP contribution is -2.47. The smallest absolute Gasteiger partial charge is 0.320 e. The van der Waals surface area contributed by atoms with E-state index in [9.17, 15) is 4.79 Å². The maximum atomic E-state index is 12.3. The molecular formula is C13H26N2O2. The first kappa shape index (κ1) is 14.3. The van der Waals surface area contributed by atoms with Crippen LogP contribution in [-0.2, 0) is 4.74 Å². The number of piperidine rings is 1. The number of urea groups is 1. The van der Waals surface area contributed by atoms with E-state index >= 15 is 0 Å². The predicted molar refractivity (Wildman–Crippen MR) is 69.1 cm³/mol. The van der Waals surface area contributed by atoms with Gasteiger partial charge >= 0.3 is 6.03 Å². The fourth-order valence-electron chi connectivity index (χ4n) is 2.19. The summed E-state index contributed by atoms with van der Waals surface area (Å²) in [7, 11) is 1.68. The van der Waals surface area contributed by atoms with Crippen molar-refractivity contribution in [3.8, 4) is 0 Å². The number of rotatable bonds is 5. The molecule has 0 radical (unpaired) electrons. The van der Waals surface area contributed by atoms with Crippen LogP contribution in [0.5, 0.6) is 0 Å². The van der Waals surface area contributed by atoms with Crippen LogP contribution in [-0.4, -0.2) is 55.7 Å². The van der Waals surface area contributed by atoms with Crippen LogP contribution in [0.25, 0.3) is 0 Å². The molecule has 0 unspecified atom stereocenters. The summed E-state index contributed by atoms with van der Waals surface area (Å²) in [6, 6.07) is 0.190. The molecule has 1 heterocycles. The van der Waals surface area contributed by atoms with E-state index in [1.54, 1.807) is 7.11 Å². The van der Waals surface area contributed by atoms with Crippen molar-refractivity contribution in [2.75, 3.05) is 39.9 Å². The predicted octanol–water partition coefficient (Wildman–Crippen LogP) is 2.20.